The second kappa shape index (κ2) is 31.5. The van der Waals surface area contributed by atoms with Crippen LogP contribution in [0.1, 0.15) is 128 Å². The molecule has 19 nitrogen and oxygen atoms in total. The number of ether oxygens (including phenoxy) is 6. The van der Waals surface area contributed by atoms with Gasteiger partial charge in [0.15, 0.2) is 0 Å². The molecule has 19 heteroatoms. The van der Waals surface area contributed by atoms with Gasteiger partial charge in [0.25, 0.3) is 0 Å². The second-order valence-corrected chi connectivity index (χ2v) is 23.7. The van der Waals surface area contributed by atoms with E-state index in [9.17, 15) is 6.48 Å². The smallest absolute Gasteiger partial charge is 0.373 e. The van der Waals surface area contributed by atoms with Crippen molar-refractivity contribution in [3.05, 3.63) is 118 Å². The number of aliphatic hydroxyl groups is 1. The predicted octanol–water partition coefficient (Wildman–Crippen LogP) is 11.2. The van der Waals surface area contributed by atoms with Crippen molar-refractivity contribution in [1.82, 2.24) is 24.7 Å². The number of hydrogen-bond acceptors (Lipinski definition) is 17. The first kappa shape index (κ1) is 66.4. The summed E-state index contributed by atoms with van der Waals surface area (Å²) >= 11 is 0. The number of nitrogens with one attached hydrogen (secondary N) is 2. The number of piperidine rings is 4. The molecule has 7 aliphatic heterocycles. The van der Waals surface area contributed by atoms with Gasteiger partial charge < -0.3 is 43.5 Å². The van der Waals surface area contributed by atoms with Crippen LogP contribution in [0.2, 0.25) is 0 Å². The number of aromatic amines is 2. The first-order chi connectivity index (χ1) is 43.0. The summed E-state index contributed by atoms with van der Waals surface area (Å²) in [6.45, 7) is 19.5. The van der Waals surface area contributed by atoms with Crippen LogP contribution in [0.5, 0.6) is 17.2 Å². The van der Waals surface area contributed by atoms with Gasteiger partial charge in [-0.3, -0.25) is 19.7 Å². The predicted molar refractivity (Wildman–Crippen MR) is 333 cm³/mol. The maximum absolute atomic E-state index is 11.7. The summed E-state index contributed by atoms with van der Waals surface area (Å²) in [5.41, 5.74) is 13.0. The number of allylic oxidation sites excluding steroid dienone is 3. The van der Waals surface area contributed by atoms with Crippen molar-refractivity contribution in [2.75, 3.05) is 81.9 Å². The minimum Gasteiger partial charge on any atom is -0.504 e. The average molecular weight is 1210 g/mol. The molecule has 7 aliphatic rings. The Morgan fingerprint density at radius 2 is 1.00 bits per heavy atom. The number of aliphatic imine (C=N–C) groups is 1. The quantitative estimate of drug-likeness (QED) is 0.0986. The van der Waals surface area contributed by atoms with Crippen molar-refractivity contribution in [1.29, 1.82) is 0 Å². The van der Waals surface area contributed by atoms with E-state index >= 15 is 0 Å². The van der Waals surface area contributed by atoms with Gasteiger partial charge in [-0.1, -0.05) is 58.2 Å². The molecule has 12 rings (SSSR count). The van der Waals surface area contributed by atoms with E-state index in [1.54, 1.807) is 42.7 Å². The lowest BCUT2D eigenvalue weighted by molar-refractivity contribution is -0.193. The van der Waals surface area contributed by atoms with Crippen molar-refractivity contribution in [2.45, 2.75) is 123 Å². The van der Waals surface area contributed by atoms with Crippen LogP contribution in [0, 0.1) is 35.5 Å². The molecule has 2 aromatic heterocycles. The Morgan fingerprint density at radius 3 is 1.48 bits per heavy atom. The number of hydrogen-bond donors (Lipinski definition) is 3. The fraction of sp³-hybridized carbons (Fsp3) is 0.536. The highest BCUT2D eigenvalue weighted by Gasteiger charge is 2.54. The topological polar surface area (TPSA) is 232 Å². The van der Waals surface area contributed by atoms with Gasteiger partial charge in [0, 0.05) is 72.5 Å². The van der Waals surface area contributed by atoms with Crippen LogP contribution in [0.4, 0.5) is 5.69 Å². The zero-order valence-corrected chi connectivity index (χ0v) is 53.3. The summed E-state index contributed by atoms with van der Waals surface area (Å²) in [5, 5.41) is 14.1. The number of H-pyrrole nitrogens is 2. The first-order valence-corrected chi connectivity index (χ1v) is 30.6. The van der Waals surface area contributed by atoms with E-state index in [-0.39, 0.29) is 24.5 Å². The largest absolute Gasteiger partial charge is 0.504 e. The van der Waals surface area contributed by atoms with Crippen molar-refractivity contribution >= 4 is 51.7 Å². The third-order valence-corrected chi connectivity index (χ3v) is 19.5. The third kappa shape index (κ3) is 14.0. The standard InChI is InChI=1S/C22H30N2O3.2C22H30N2O2.3CO2/c1-5-15-12-24-10-9-22(25)20-17(7-6-8-19(20)27-4)23-21(22)18(24)11-16(15)14(2)13-26-3;2*1-5-15-12-24-10-9-16-21-18(7-6-8-20(21)26-4)23-22(16)19(24)11-17(15)14(2)13-25-3;3*2-1-3/h6-8,13,15-16,18,25H,5,9-12H2,1-4H3;2*6-8,13,15,17,19,23H,5,9-12H2,1-4H3;;;/b3*14-13-;;;/t15-,16+,18-,22-;2*15-,17+,19-;;;/m000.../s1/i;19D;;;;. The molecule has 0 unspecified atom stereocenters. The maximum Gasteiger partial charge on any atom is 0.373 e. The molecule has 0 bridgehead atoms. The molecule has 10 atom stereocenters. The van der Waals surface area contributed by atoms with Crippen LogP contribution in [0.25, 0.3) is 21.8 Å². The highest BCUT2D eigenvalue weighted by molar-refractivity contribution is 6.05. The van der Waals surface area contributed by atoms with Crippen LogP contribution >= 0.6 is 0 Å². The van der Waals surface area contributed by atoms with E-state index in [2.05, 4.69) is 90.5 Å². The number of rotatable bonds is 12. The number of benzene rings is 3. The van der Waals surface area contributed by atoms with E-state index in [1.165, 1.54) is 57.4 Å². The Hall–Kier alpha value is -7.59. The molecular weight excluding hydrogens is 1120 g/mol. The van der Waals surface area contributed by atoms with Gasteiger partial charge in [0.2, 0.25) is 0 Å². The molecule has 4 saturated heterocycles. The van der Waals surface area contributed by atoms with Gasteiger partial charge in [0.05, 0.1) is 97.9 Å². The molecule has 0 saturated carbocycles. The highest BCUT2D eigenvalue weighted by atomic mass is 16.5. The molecule has 0 aliphatic carbocycles. The molecule has 474 valence electrons. The van der Waals surface area contributed by atoms with Crippen molar-refractivity contribution in [2.24, 2.45) is 40.5 Å². The van der Waals surface area contributed by atoms with Crippen molar-refractivity contribution in [3.63, 3.8) is 0 Å². The SMILES string of the molecule is CC[C@H]1CN2CC[C@@]3(O)C(=Nc4cccc(OC)c43)[C@@H]2C[C@@H]1/C(C)=C\OC.CC[C@H]1CN2CCc3c([nH]c4cccc(OC)c34)[C@@H]2C[C@@H]1/C(C)=C\OC.O=C=O.O=C=O.O=C=O.[2H][C@@]12C[C@H](/C(C)=C\OC)[C@@H](CC)CN1CCc1c2[nH]c2cccc(OC)c12. The van der Waals surface area contributed by atoms with Crippen molar-refractivity contribution in [3.8, 4) is 17.2 Å². The summed E-state index contributed by atoms with van der Waals surface area (Å²) in [7, 11) is 10.3. The second-order valence-electron chi connectivity index (χ2n) is 23.7. The van der Waals surface area contributed by atoms with Crippen LogP contribution in [-0.4, -0.2) is 142 Å². The Kier molecular flexibility index (Phi) is 23.8. The number of carbonyl (C=O) groups excluding carboxylic acids is 6. The molecule has 3 aromatic carbocycles. The fourth-order valence-corrected chi connectivity index (χ4v) is 15.5. The molecule has 0 radical (unpaired) electrons. The Bertz CT molecular complexity index is 3430. The Labute approximate surface area is 518 Å². The summed E-state index contributed by atoms with van der Waals surface area (Å²) in [6, 6.07) is 18.2. The normalized spacial score (nSPS) is 27.0. The van der Waals surface area contributed by atoms with E-state index in [4.69, 9.17) is 62.2 Å². The Balaban J connectivity index is 0.000000178. The minimum absolute atomic E-state index is 0.161. The van der Waals surface area contributed by atoms with Gasteiger partial charge in [-0.05, 0) is 159 Å². The average Bonchev–Trinajstić information content (AvgIpc) is 1.65. The molecule has 4 fully saturated rings. The molecule has 0 amide bonds. The zero-order chi connectivity index (χ0) is 64.7. The third-order valence-electron chi connectivity index (χ3n) is 19.5. The van der Waals surface area contributed by atoms with Crippen LogP contribution in [0.3, 0.4) is 0 Å². The van der Waals surface area contributed by atoms with Gasteiger partial charge >= 0.3 is 18.5 Å². The van der Waals surface area contributed by atoms with Crippen LogP contribution < -0.4 is 14.2 Å². The number of fused-ring (bicyclic) bond motifs is 15. The first-order valence-electron chi connectivity index (χ1n) is 31.1. The summed E-state index contributed by atoms with van der Waals surface area (Å²) in [5.74, 6) is 5.90. The van der Waals surface area contributed by atoms with Crippen LogP contribution in [0.15, 0.2) is 95.1 Å². The van der Waals surface area contributed by atoms with E-state index in [1.807, 2.05) is 49.1 Å². The van der Waals surface area contributed by atoms with E-state index in [0.29, 0.717) is 48.0 Å². The maximum atomic E-state index is 11.7. The van der Waals surface area contributed by atoms with Crippen molar-refractivity contribution < 1.29 is 63.7 Å². The lowest BCUT2D eigenvalue weighted by Gasteiger charge is -2.50. The zero-order valence-electron chi connectivity index (χ0n) is 54.3. The molecule has 3 N–H and O–H groups in total. The lowest BCUT2D eigenvalue weighted by atomic mass is 9.70. The molecule has 5 aromatic rings. The van der Waals surface area contributed by atoms with Gasteiger partial charge in [-0.25, -0.2) is 0 Å². The van der Waals surface area contributed by atoms with Gasteiger partial charge in [0.1, 0.15) is 22.8 Å². The van der Waals surface area contributed by atoms with Gasteiger partial charge in [-0.15, -0.1) is 0 Å². The molecule has 88 heavy (non-hydrogen) atoms. The summed E-state index contributed by atoms with van der Waals surface area (Å²) < 4.78 is 42.3. The number of nitrogens with zero attached hydrogens (tertiary/aromatic N) is 4. The minimum atomic E-state index is -1.01. The summed E-state index contributed by atoms with van der Waals surface area (Å²) in [6.07, 6.45) is 15.6. The van der Waals surface area contributed by atoms with E-state index < -0.39 is 11.6 Å². The number of methoxy groups -OCH3 is 6. The van der Waals surface area contributed by atoms with E-state index in [0.717, 1.165) is 128 Å². The molecular formula is C69H90N6O13. The lowest BCUT2D eigenvalue weighted by Crippen LogP contribution is -2.60. The highest BCUT2D eigenvalue weighted by Crippen LogP contribution is 2.53. The number of aromatic nitrogens is 2. The molecule has 9 heterocycles. The monoisotopic (exact) mass is 1210 g/mol. The fourth-order valence-electron chi connectivity index (χ4n) is 15.5. The van der Waals surface area contributed by atoms with Gasteiger partial charge in [-0.2, -0.15) is 28.8 Å². The van der Waals surface area contributed by atoms with Crippen LogP contribution in [-0.2, 0) is 61.4 Å². The molecule has 0 spiro atoms. The summed E-state index contributed by atoms with van der Waals surface area (Å²) in [4.78, 5) is 68.6. The Morgan fingerprint density at radius 1 is 0.591 bits per heavy atom.